The van der Waals surface area contributed by atoms with Gasteiger partial charge in [0.25, 0.3) is 0 Å². The zero-order chi connectivity index (χ0) is 14.7. The number of aromatic hydroxyl groups is 1. The third kappa shape index (κ3) is 2.89. The first kappa shape index (κ1) is 13.9. The van der Waals surface area contributed by atoms with E-state index in [0.717, 1.165) is 6.08 Å². The summed E-state index contributed by atoms with van der Waals surface area (Å²) in [5, 5.41) is 13.8. The number of rotatable bonds is 3. The molecule has 0 bridgehead atoms. The predicted octanol–water partition coefficient (Wildman–Crippen LogP) is 0.122. The van der Waals surface area contributed by atoms with Gasteiger partial charge in [-0.2, -0.15) is 0 Å². The highest BCUT2D eigenvalue weighted by atomic mass is 32.1. The molecule has 2 amide bonds. The molecule has 1 heterocycles. The van der Waals surface area contributed by atoms with Crippen molar-refractivity contribution in [1.82, 2.24) is 10.6 Å². The molecular formula is C13H10N2O4S. The van der Waals surface area contributed by atoms with Gasteiger partial charge >= 0.3 is 0 Å². The van der Waals surface area contributed by atoms with Crippen LogP contribution in [0.1, 0.15) is 5.56 Å². The van der Waals surface area contributed by atoms with Gasteiger partial charge < -0.3 is 15.7 Å². The minimum Gasteiger partial charge on any atom is -0.507 e. The van der Waals surface area contributed by atoms with Crippen molar-refractivity contribution in [3.63, 3.8) is 0 Å². The first-order valence-electron chi connectivity index (χ1n) is 5.64. The van der Waals surface area contributed by atoms with E-state index in [1.807, 2.05) is 0 Å². The SMILES string of the molecule is O=C(/C=C/c1ccccc1O)C1C(=O)NC(=S)NC1=O. The number of para-hydroxylation sites is 1. The summed E-state index contributed by atoms with van der Waals surface area (Å²) in [5.74, 6) is -3.68. The van der Waals surface area contributed by atoms with Crippen LogP contribution >= 0.6 is 12.2 Å². The van der Waals surface area contributed by atoms with E-state index in [9.17, 15) is 19.5 Å². The number of nitrogens with one attached hydrogen (secondary N) is 2. The molecule has 0 saturated carbocycles. The number of phenols is 1. The smallest absolute Gasteiger partial charge is 0.246 e. The predicted molar refractivity (Wildman–Crippen MR) is 74.5 cm³/mol. The summed E-state index contributed by atoms with van der Waals surface area (Å²) in [7, 11) is 0. The van der Waals surface area contributed by atoms with Crippen molar-refractivity contribution in [3.8, 4) is 5.75 Å². The van der Waals surface area contributed by atoms with E-state index < -0.39 is 23.5 Å². The Hall–Kier alpha value is -2.54. The van der Waals surface area contributed by atoms with Gasteiger partial charge in [-0.15, -0.1) is 0 Å². The summed E-state index contributed by atoms with van der Waals surface area (Å²) in [6, 6.07) is 6.37. The molecule has 1 aliphatic rings. The Morgan fingerprint density at radius 3 is 2.40 bits per heavy atom. The fourth-order valence-corrected chi connectivity index (χ4v) is 1.87. The number of carbonyl (C=O) groups excluding carboxylic acids is 3. The zero-order valence-electron chi connectivity index (χ0n) is 10.1. The van der Waals surface area contributed by atoms with E-state index in [2.05, 4.69) is 22.9 Å². The van der Waals surface area contributed by atoms with Gasteiger partial charge in [-0.05, 0) is 30.4 Å². The van der Waals surface area contributed by atoms with Gasteiger partial charge in [0.2, 0.25) is 11.8 Å². The molecule has 0 aliphatic carbocycles. The number of phenolic OH excluding ortho intramolecular Hbond substituents is 1. The Morgan fingerprint density at radius 1 is 1.20 bits per heavy atom. The quantitative estimate of drug-likeness (QED) is 0.417. The standard InChI is InChI=1S/C13H10N2O4S/c16-8-4-2-1-3-7(8)5-6-9(17)10-11(18)14-13(20)15-12(10)19/h1-6,10,16H,(H2,14,15,18,19,20)/b6-5+. The average molecular weight is 290 g/mol. The molecular weight excluding hydrogens is 280 g/mol. The second-order valence-electron chi connectivity index (χ2n) is 4.04. The summed E-state index contributed by atoms with van der Waals surface area (Å²) >= 11 is 4.63. The topological polar surface area (TPSA) is 95.5 Å². The molecule has 0 atom stereocenters. The maximum absolute atomic E-state index is 11.9. The van der Waals surface area contributed by atoms with Gasteiger partial charge in [0.15, 0.2) is 16.8 Å². The van der Waals surface area contributed by atoms with Crippen molar-refractivity contribution in [1.29, 1.82) is 0 Å². The van der Waals surface area contributed by atoms with Crippen LogP contribution in [0.5, 0.6) is 5.75 Å². The Kier molecular flexibility index (Phi) is 3.90. The van der Waals surface area contributed by atoms with Crippen LogP contribution in [-0.4, -0.2) is 27.8 Å². The average Bonchev–Trinajstić information content (AvgIpc) is 2.36. The van der Waals surface area contributed by atoms with Crippen molar-refractivity contribution in [3.05, 3.63) is 35.9 Å². The largest absolute Gasteiger partial charge is 0.507 e. The molecule has 0 aromatic heterocycles. The lowest BCUT2D eigenvalue weighted by atomic mass is 9.99. The molecule has 1 aromatic carbocycles. The summed E-state index contributed by atoms with van der Waals surface area (Å²) in [6.45, 7) is 0. The third-order valence-corrected chi connectivity index (χ3v) is 2.85. The van der Waals surface area contributed by atoms with Crippen LogP contribution in [0.2, 0.25) is 0 Å². The second-order valence-corrected chi connectivity index (χ2v) is 4.44. The van der Waals surface area contributed by atoms with Gasteiger partial charge in [0, 0.05) is 5.56 Å². The summed E-state index contributed by atoms with van der Waals surface area (Å²) < 4.78 is 0. The number of benzene rings is 1. The number of carbonyl (C=O) groups is 3. The van der Waals surface area contributed by atoms with Crippen LogP contribution in [0.25, 0.3) is 6.08 Å². The summed E-state index contributed by atoms with van der Waals surface area (Å²) in [6.07, 6.45) is 2.42. The first-order valence-corrected chi connectivity index (χ1v) is 6.05. The van der Waals surface area contributed by atoms with E-state index in [-0.39, 0.29) is 10.9 Å². The molecule has 102 valence electrons. The van der Waals surface area contributed by atoms with Crippen molar-refractivity contribution in [2.24, 2.45) is 5.92 Å². The number of ketones is 1. The molecule has 0 unspecified atom stereocenters. The van der Waals surface area contributed by atoms with E-state index in [0.29, 0.717) is 5.56 Å². The number of hydrogen-bond acceptors (Lipinski definition) is 5. The fourth-order valence-electron chi connectivity index (χ4n) is 1.67. The Labute approximate surface area is 119 Å². The summed E-state index contributed by atoms with van der Waals surface area (Å²) in [4.78, 5) is 35.0. The minimum atomic E-state index is -1.47. The van der Waals surface area contributed by atoms with Crippen molar-refractivity contribution >= 4 is 41.0 Å². The van der Waals surface area contributed by atoms with E-state index in [1.54, 1.807) is 18.2 Å². The molecule has 1 saturated heterocycles. The van der Waals surface area contributed by atoms with Crippen LogP contribution in [0, 0.1) is 5.92 Å². The number of thiocarbonyl (C=S) groups is 1. The molecule has 0 radical (unpaired) electrons. The van der Waals surface area contributed by atoms with Crippen LogP contribution < -0.4 is 10.6 Å². The fraction of sp³-hybridized carbons (Fsp3) is 0.0769. The van der Waals surface area contributed by atoms with Crippen LogP contribution in [-0.2, 0) is 14.4 Å². The highest BCUT2D eigenvalue weighted by Crippen LogP contribution is 2.17. The minimum absolute atomic E-state index is 0.00437. The normalized spacial score (nSPS) is 16.1. The van der Waals surface area contributed by atoms with Crippen LogP contribution in [0.4, 0.5) is 0 Å². The van der Waals surface area contributed by atoms with Gasteiger partial charge in [0.05, 0.1) is 0 Å². The lowest BCUT2D eigenvalue weighted by molar-refractivity contribution is -0.140. The highest BCUT2D eigenvalue weighted by Gasteiger charge is 2.37. The highest BCUT2D eigenvalue weighted by molar-refractivity contribution is 7.80. The second kappa shape index (κ2) is 5.62. The molecule has 2 rings (SSSR count). The Bertz CT molecular complexity index is 619. The van der Waals surface area contributed by atoms with Gasteiger partial charge in [-0.1, -0.05) is 18.2 Å². The monoisotopic (exact) mass is 290 g/mol. The summed E-state index contributed by atoms with van der Waals surface area (Å²) in [5.41, 5.74) is 0.410. The number of hydrogen-bond donors (Lipinski definition) is 3. The molecule has 6 nitrogen and oxygen atoms in total. The molecule has 0 spiro atoms. The Balaban J connectivity index is 2.16. The molecule has 20 heavy (non-hydrogen) atoms. The van der Waals surface area contributed by atoms with Crippen molar-refractivity contribution in [2.45, 2.75) is 0 Å². The maximum atomic E-state index is 11.9. The zero-order valence-corrected chi connectivity index (χ0v) is 10.9. The Morgan fingerprint density at radius 2 is 1.80 bits per heavy atom. The van der Waals surface area contributed by atoms with Gasteiger partial charge in [-0.25, -0.2) is 0 Å². The van der Waals surface area contributed by atoms with E-state index >= 15 is 0 Å². The van der Waals surface area contributed by atoms with Gasteiger partial charge in [0.1, 0.15) is 5.75 Å². The third-order valence-electron chi connectivity index (χ3n) is 2.65. The van der Waals surface area contributed by atoms with Gasteiger partial charge in [-0.3, -0.25) is 14.4 Å². The van der Waals surface area contributed by atoms with Crippen molar-refractivity contribution < 1.29 is 19.5 Å². The maximum Gasteiger partial charge on any atom is 0.246 e. The lowest BCUT2D eigenvalue weighted by Gasteiger charge is -2.20. The first-order chi connectivity index (χ1) is 9.49. The van der Waals surface area contributed by atoms with Crippen LogP contribution in [0.3, 0.4) is 0 Å². The number of allylic oxidation sites excluding steroid dienone is 1. The molecule has 3 N–H and O–H groups in total. The van der Waals surface area contributed by atoms with E-state index in [1.165, 1.54) is 12.1 Å². The lowest BCUT2D eigenvalue weighted by Crippen LogP contribution is -2.57. The van der Waals surface area contributed by atoms with E-state index in [4.69, 9.17) is 0 Å². The molecule has 7 heteroatoms. The molecule has 1 fully saturated rings. The molecule has 1 aromatic rings. The number of amides is 2. The molecule has 1 aliphatic heterocycles. The van der Waals surface area contributed by atoms with Crippen molar-refractivity contribution in [2.75, 3.05) is 0 Å². The van der Waals surface area contributed by atoms with Crippen LogP contribution in [0.15, 0.2) is 30.3 Å².